The molecule has 402 valence electrons. The van der Waals surface area contributed by atoms with E-state index in [-0.39, 0.29) is 54.6 Å². The van der Waals surface area contributed by atoms with E-state index in [1.807, 2.05) is 11.9 Å². The second kappa shape index (κ2) is 22.6. The molecule has 0 radical (unpaired) electrons. The highest BCUT2D eigenvalue weighted by Crippen LogP contribution is 2.69. The SMILES string of the molecule is CC(C)CCC[C@@H](C)[C@H]1CC[C@H]2[C@@H]3CC=C4C[C@@H](OC(=O)CN(C)CCN(CC(=O)O)CC(=O)O[C@H]5CC[C@@]6(C)C(=CC[C@H]7[C@@H]8CC[C@H]([C@H](C)CCCC(C)C)[C@@]8(C)CC[C@@H]76)C5)CC[C@]4(C)[C@H]3CC[C@]12C. The van der Waals surface area contributed by atoms with Gasteiger partial charge in [-0.1, -0.05) is 131 Å². The lowest BCUT2D eigenvalue weighted by Crippen LogP contribution is -2.51. The minimum Gasteiger partial charge on any atom is -0.480 e. The van der Waals surface area contributed by atoms with Crippen LogP contribution in [0.2, 0.25) is 0 Å². The molecule has 1 N–H and O–H groups in total. The standard InChI is InChI=1S/C63H104N2O6/c1-41(2)14-12-16-43(5)51-22-24-53-49-20-18-45-36-47(26-30-60(45,7)55(49)28-32-62(51,53)9)70-58(68)39-64(11)34-35-65(38-57(66)67)40-59(69)71-48-27-31-61(8)46(37-48)19-21-50-54-25-23-52(44(6)17-13-15-42(3)4)63(54,10)33-29-56(50)61/h18-19,41-44,47-56H,12-17,20-40H2,1-11H3,(H,66,67)/t43-,44-,47+,48+,49+,50+,51-,52-,53+,54+,55+,56+,60+,61+,62-,63-/m1/s1. The van der Waals surface area contributed by atoms with Crippen LogP contribution in [-0.2, 0) is 23.9 Å². The molecule has 16 atom stereocenters. The van der Waals surface area contributed by atoms with Crippen LogP contribution < -0.4 is 0 Å². The summed E-state index contributed by atoms with van der Waals surface area (Å²) in [5.74, 6) is 8.02. The van der Waals surface area contributed by atoms with Gasteiger partial charge in [-0.2, -0.15) is 0 Å². The normalized spacial score (nSPS) is 39.4. The molecule has 8 aliphatic rings. The number of allylic oxidation sites excluding steroid dienone is 2. The maximum atomic E-state index is 13.5. The quantitative estimate of drug-likeness (QED) is 0.0897. The van der Waals surface area contributed by atoms with E-state index in [4.69, 9.17) is 9.47 Å². The van der Waals surface area contributed by atoms with Gasteiger partial charge in [-0.3, -0.25) is 24.2 Å². The maximum Gasteiger partial charge on any atom is 0.320 e. The van der Waals surface area contributed by atoms with Crippen molar-refractivity contribution in [1.82, 2.24) is 9.80 Å². The van der Waals surface area contributed by atoms with E-state index in [1.54, 1.807) is 4.90 Å². The van der Waals surface area contributed by atoms with Crippen molar-refractivity contribution in [3.8, 4) is 0 Å². The van der Waals surface area contributed by atoms with Crippen molar-refractivity contribution in [1.29, 1.82) is 0 Å². The maximum absolute atomic E-state index is 13.5. The molecule has 0 aromatic carbocycles. The Hall–Kier alpha value is -2.19. The monoisotopic (exact) mass is 985 g/mol. The van der Waals surface area contributed by atoms with Gasteiger partial charge in [0.05, 0.1) is 19.6 Å². The van der Waals surface area contributed by atoms with Gasteiger partial charge in [-0.05, 0) is 190 Å². The largest absolute Gasteiger partial charge is 0.480 e. The molecule has 0 unspecified atom stereocenters. The van der Waals surface area contributed by atoms with Crippen LogP contribution in [0.25, 0.3) is 0 Å². The van der Waals surface area contributed by atoms with Gasteiger partial charge in [-0.25, -0.2) is 0 Å². The fourth-order valence-corrected chi connectivity index (χ4v) is 19.2. The molecule has 0 aliphatic heterocycles. The first-order valence-corrected chi connectivity index (χ1v) is 30.0. The Kier molecular flexibility index (Phi) is 17.5. The molecule has 0 amide bonds. The Morgan fingerprint density at radius 3 is 1.46 bits per heavy atom. The summed E-state index contributed by atoms with van der Waals surface area (Å²) >= 11 is 0. The van der Waals surface area contributed by atoms with Crippen LogP contribution in [0.15, 0.2) is 23.3 Å². The first-order valence-electron chi connectivity index (χ1n) is 30.0. The number of aliphatic carboxylic acids is 1. The summed E-state index contributed by atoms with van der Waals surface area (Å²) in [7, 11) is 1.88. The topological polar surface area (TPSA) is 96.4 Å². The number of hydrogen-bond donors (Lipinski definition) is 1. The number of carboxylic acid groups (broad SMARTS) is 1. The van der Waals surface area contributed by atoms with Gasteiger partial charge in [0.25, 0.3) is 0 Å². The number of carbonyl (C=O) groups is 3. The molecule has 6 saturated carbocycles. The van der Waals surface area contributed by atoms with Gasteiger partial charge in [0, 0.05) is 25.9 Å². The fraction of sp³-hybridized carbons (Fsp3) is 0.889. The fourth-order valence-electron chi connectivity index (χ4n) is 19.2. The molecule has 0 heterocycles. The summed E-state index contributed by atoms with van der Waals surface area (Å²) in [6.07, 6.45) is 32.0. The predicted molar refractivity (Wildman–Crippen MR) is 287 cm³/mol. The average molecular weight is 986 g/mol. The van der Waals surface area contributed by atoms with Gasteiger partial charge >= 0.3 is 17.9 Å². The molecule has 71 heavy (non-hydrogen) atoms. The lowest BCUT2D eigenvalue weighted by molar-refractivity contribution is -0.155. The van der Waals surface area contributed by atoms with E-state index in [0.717, 1.165) is 110 Å². The molecular weight excluding hydrogens is 881 g/mol. The smallest absolute Gasteiger partial charge is 0.320 e. The number of fused-ring (bicyclic) bond motifs is 10. The minimum atomic E-state index is -0.975. The first-order chi connectivity index (χ1) is 33.6. The number of rotatable bonds is 21. The van der Waals surface area contributed by atoms with E-state index < -0.39 is 5.97 Å². The lowest BCUT2D eigenvalue weighted by Gasteiger charge is -2.58. The Morgan fingerprint density at radius 2 is 1.03 bits per heavy atom. The molecule has 8 nitrogen and oxygen atoms in total. The van der Waals surface area contributed by atoms with Crippen LogP contribution in [0.1, 0.15) is 210 Å². The second-order valence-corrected chi connectivity index (χ2v) is 28.1. The van der Waals surface area contributed by atoms with Crippen molar-refractivity contribution in [2.24, 2.45) is 92.7 Å². The number of esters is 2. The summed E-state index contributed by atoms with van der Waals surface area (Å²) < 4.78 is 12.4. The Morgan fingerprint density at radius 1 is 0.577 bits per heavy atom. The molecule has 8 heteroatoms. The van der Waals surface area contributed by atoms with E-state index in [1.165, 1.54) is 107 Å². The molecule has 0 bridgehead atoms. The summed E-state index contributed by atoms with van der Waals surface area (Å²) in [4.78, 5) is 42.5. The van der Waals surface area contributed by atoms with E-state index in [2.05, 4.69) is 81.4 Å². The summed E-state index contributed by atoms with van der Waals surface area (Å²) in [6.45, 7) is 25.5. The van der Waals surface area contributed by atoms with Gasteiger partial charge < -0.3 is 14.6 Å². The third kappa shape index (κ3) is 11.6. The van der Waals surface area contributed by atoms with Gasteiger partial charge in [0.15, 0.2) is 0 Å². The van der Waals surface area contributed by atoms with Crippen LogP contribution in [0.3, 0.4) is 0 Å². The predicted octanol–water partition coefficient (Wildman–Crippen LogP) is 14.2. The van der Waals surface area contributed by atoms with Crippen LogP contribution in [0.4, 0.5) is 0 Å². The third-order valence-electron chi connectivity index (χ3n) is 23.0. The van der Waals surface area contributed by atoms with Gasteiger partial charge in [0.2, 0.25) is 0 Å². The second-order valence-electron chi connectivity index (χ2n) is 28.1. The number of nitrogens with zero attached hydrogens (tertiary/aromatic N) is 2. The highest BCUT2D eigenvalue weighted by atomic mass is 16.5. The average Bonchev–Trinajstić information content (AvgIpc) is 3.85. The van der Waals surface area contributed by atoms with Gasteiger partial charge in [0.1, 0.15) is 12.2 Å². The highest BCUT2D eigenvalue weighted by molar-refractivity contribution is 5.74. The molecule has 0 aromatic rings. The minimum absolute atomic E-state index is 0.0740. The zero-order valence-corrected chi connectivity index (χ0v) is 47.2. The van der Waals surface area contributed by atoms with Crippen molar-refractivity contribution in [2.75, 3.05) is 39.8 Å². The molecule has 8 rings (SSSR count). The van der Waals surface area contributed by atoms with Crippen LogP contribution in [0, 0.1) is 92.7 Å². The van der Waals surface area contributed by atoms with Crippen LogP contribution >= 0.6 is 0 Å². The molecule has 0 aromatic heterocycles. The Labute approximate surface area is 433 Å². The molecule has 0 saturated heterocycles. The van der Waals surface area contributed by atoms with Crippen molar-refractivity contribution in [3.05, 3.63) is 23.3 Å². The zero-order chi connectivity index (χ0) is 51.0. The molecular formula is C63H104N2O6. The molecule has 8 aliphatic carbocycles. The number of likely N-dealkylation sites (N-methyl/N-ethyl adjacent to an activating group) is 1. The van der Waals surface area contributed by atoms with Crippen molar-refractivity contribution in [2.45, 2.75) is 223 Å². The van der Waals surface area contributed by atoms with Gasteiger partial charge in [-0.15, -0.1) is 0 Å². The van der Waals surface area contributed by atoms with Crippen molar-refractivity contribution >= 4 is 17.9 Å². The summed E-state index contributed by atoms with van der Waals surface area (Å²) in [5.41, 5.74) is 4.35. The van der Waals surface area contributed by atoms with Crippen molar-refractivity contribution < 1.29 is 29.0 Å². The van der Waals surface area contributed by atoms with Crippen LogP contribution in [0.5, 0.6) is 0 Å². The molecule has 6 fully saturated rings. The molecule has 0 spiro atoms. The van der Waals surface area contributed by atoms with Crippen LogP contribution in [-0.4, -0.2) is 84.8 Å². The Balaban J connectivity index is 0.776. The van der Waals surface area contributed by atoms with Crippen molar-refractivity contribution in [3.63, 3.8) is 0 Å². The number of hydrogen-bond acceptors (Lipinski definition) is 7. The number of carboxylic acids is 1. The first kappa shape index (κ1) is 55.1. The van der Waals surface area contributed by atoms with E-state index in [0.29, 0.717) is 29.8 Å². The Bertz CT molecular complexity index is 1930. The van der Waals surface area contributed by atoms with E-state index >= 15 is 0 Å². The third-order valence-corrected chi connectivity index (χ3v) is 23.0. The lowest BCUT2D eigenvalue weighted by atomic mass is 9.47. The summed E-state index contributed by atoms with van der Waals surface area (Å²) in [6, 6.07) is 0. The van der Waals surface area contributed by atoms with E-state index in [9.17, 15) is 19.5 Å². The highest BCUT2D eigenvalue weighted by Gasteiger charge is 2.61. The zero-order valence-electron chi connectivity index (χ0n) is 47.2. The summed E-state index contributed by atoms with van der Waals surface area (Å²) in [5, 5.41) is 9.82. The number of ether oxygens (including phenoxy) is 2. The number of carbonyl (C=O) groups excluding carboxylic acids is 2.